The average Bonchev–Trinajstić information content (AvgIpc) is 3.15. The fourth-order valence-electron chi connectivity index (χ4n) is 6.07. The van der Waals surface area contributed by atoms with Gasteiger partial charge in [0.2, 0.25) is 0 Å². The van der Waals surface area contributed by atoms with Crippen LogP contribution < -0.4 is 4.90 Å². The van der Waals surface area contributed by atoms with Crippen molar-refractivity contribution >= 4 is 60.7 Å². The molecule has 0 radical (unpaired) electrons. The van der Waals surface area contributed by atoms with Crippen LogP contribution in [0.25, 0.3) is 17.7 Å². The molecule has 270 valence electrons. The maximum absolute atomic E-state index is 15.2. The van der Waals surface area contributed by atoms with E-state index in [0.29, 0.717) is 22.5 Å². The number of non-ortho nitro benzene ring substituents is 2. The van der Waals surface area contributed by atoms with Gasteiger partial charge in [0.1, 0.15) is 5.82 Å². The number of nitrogens with zero attached hydrogens (tertiary/aromatic N) is 5. The van der Waals surface area contributed by atoms with Crippen LogP contribution in [0.2, 0.25) is 0 Å². The molecule has 0 spiro atoms. The second kappa shape index (κ2) is 13.7. The lowest BCUT2D eigenvalue weighted by molar-refractivity contribution is -0.385. The Balaban J connectivity index is 1.63. The van der Waals surface area contributed by atoms with E-state index in [-0.39, 0.29) is 38.1 Å². The number of fused-ring (bicyclic) bond motifs is 3. The van der Waals surface area contributed by atoms with E-state index in [2.05, 4.69) is 4.40 Å². The number of nitro groups is 2. The highest BCUT2D eigenvalue weighted by Crippen LogP contribution is 2.46. The number of allylic oxidation sites excluding steroid dienone is 1. The van der Waals surface area contributed by atoms with Crippen molar-refractivity contribution in [3.8, 4) is 0 Å². The number of rotatable bonds is 8. The van der Waals surface area contributed by atoms with Crippen molar-refractivity contribution in [1.82, 2.24) is 4.31 Å². The van der Waals surface area contributed by atoms with Crippen molar-refractivity contribution < 1.29 is 26.7 Å². The van der Waals surface area contributed by atoms with Crippen molar-refractivity contribution in [3.05, 3.63) is 187 Å². The zero-order chi connectivity index (χ0) is 38.4. The highest BCUT2D eigenvalue weighted by molar-refractivity contribution is 7.91. The number of anilines is 1. The minimum atomic E-state index is -4.74. The molecule has 0 atom stereocenters. The molecule has 0 unspecified atom stereocenters. The lowest BCUT2D eigenvalue weighted by Gasteiger charge is -2.43. The number of amidine groups is 1. The maximum Gasteiger partial charge on any atom is 0.284 e. The SMILES string of the molecule is Cc1ccc(S(=O)(=O)/N=C2\C(c3ccc([N+](=O)[O-])cc3)=C3C=Cc4ccccc4N3/C(=C\c3ccc([N+](=O)[O-])cc3)N2S(=O)(=O)c2ccc(C)cc2)cc1. The molecule has 13 nitrogen and oxygen atoms in total. The minimum absolute atomic E-state index is 0.0443. The predicted molar refractivity (Wildman–Crippen MR) is 205 cm³/mol. The molecule has 2 aliphatic rings. The third-order valence-electron chi connectivity index (χ3n) is 8.80. The summed E-state index contributed by atoms with van der Waals surface area (Å²) in [6.45, 7) is 3.57. The lowest BCUT2D eigenvalue weighted by Crippen LogP contribution is -2.48. The summed E-state index contributed by atoms with van der Waals surface area (Å²) in [6.07, 6.45) is 4.95. The second-order valence-electron chi connectivity index (χ2n) is 12.4. The topological polar surface area (TPSA) is 173 Å². The van der Waals surface area contributed by atoms with Gasteiger partial charge in [-0.05, 0) is 97.3 Å². The first kappa shape index (κ1) is 35.7. The first-order valence-electron chi connectivity index (χ1n) is 16.3. The van der Waals surface area contributed by atoms with Crippen LogP contribution in [0.3, 0.4) is 0 Å². The Kier molecular flexibility index (Phi) is 9.04. The molecular weight excluding hydrogens is 731 g/mol. The predicted octanol–water partition coefficient (Wildman–Crippen LogP) is 7.85. The Morgan fingerprint density at radius 1 is 0.648 bits per heavy atom. The van der Waals surface area contributed by atoms with E-state index in [0.717, 1.165) is 15.4 Å². The molecule has 2 heterocycles. The van der Waals surface area contributed by atoms with Gasteiger partial charge in [-0.15, -0.1) is 4.40 Å². The smallest absolute Gasteiger partial charge is 0.284 e. The van der Waals surface area contributed by atoms with Crippen LogP contribution in [0.1, 0.15) is 27.8 Å². The fraction of sp³-hybridized carbons (Fsp3) is 0.0513. The largest absolute Gasteiger partial charge is 0.294 e. The molecule has 0 fully saturated rings. The Bertz CT molecular complexity index is 2690. The van der Waals surface area contributed by atoms with Crippen LogP contribution in [-0.2, 0) is 20.0 Å². The van der Waals surface area contributed by atoms with Crippen LogP contribution in [0.15, 0.2) is 153 Å². The van der Waals surface area contributed by atoms with Crippen LogP contribution in [0.5, 0.6) is 0 Å². The number of hydrogen-bond acceptors (Lipinski definition) is 9. The van der Waals surface area contributed by atoms with Crippen LogP contribution in [-0.4, -0.2) is 36.8 Å². The standard InChI is InChI=1S/C39H29N5O8S2/c1-26-7-20-33(21-8-26)53(49,50)40-39-38(30-13-18-32(19-14-30)44(47)48)36-24-15-29-5-3-4-6-35(29)41(36)37(25-28-11-16-31(17-12-28)43(45)46)42(39)54(51,52)34-22-9-27(2)10-23-34/h3-25H,1-2H3/b37-25+,40-39+. The monoisotopic (exact) mass is 759 g/mol. The van der Waals surface area contributed by atoms with E-state index in [9.17, 15) is 28.6 Å². The Morgan fingerprint density at radius 3 is 1.76 bits per heavy atom. The van der Waals surface area contributed by atoms with Gasteiger partial charge in [-0.1, -0.05) is 59.7 Å². The van der Waals surface area contributed by atoms with Gasteiger partial charge in [0.15, 0.2) is 5.84 Å². The summed E-state index contributed by atoms with van der Waals surface area (Å²) in [6, 6.07) is 29.8. The zero-order valence-electron chi connectivity index (χ0n) is 28.6. The molecule has 0 saturated heterocycles. The summed E-state index contributed by atoms with van der Waals surface area (Å²) in [7, 11) is -9.38. The molecular formula is C39H29N5O8S2. The van der Waals surface area contributed by atoms with E-state index in [1.165, 1.54) is 78.9 Å². The summed E-state index contributed by atoms with van der Waals surface area (Å²) in [5.74, 6) is -0.576. The van der Waals surface area contributed by atoms with Crippen LogP contribution in [0.4, 0.5) is 17.1 Å². The third kappa shape index (κ3) is 6.57. The van der Waals surface area contributed by atoms with Gasteiger partial charge in [-0.25, -0.2) is 8.42 Å². The highest BCUT2D eigenvalue weighted by Gasteiger charge is 2.44. The average molecular weight is 760 g/mol. The quantitative estimate of drug-likeness (QED) is 0.113. The summed E-state index contributed by atoms with van der Waals surface area (Å²) in [5.41, 5.74) is 3.28. The highest BCUT2D eigenvalue weighted by atomic mass is 32.2. The van der Waals surface area contributed by atoms with Crippen LogP contribution in [0, 0.1) is 34.1 Å². The van der Waals surface area contributed by atoms with Gasteiger partial charge in [0.05, 0.1) is 36.6 Å². The van der Waals surface area contributed by atoms with Crippen molar-refractivity contribution in [2.75, 3.05) is 4.90 Å². The van der Waals surface area contributed by atoms with Gasteiger partial charge in [-0.3, -0.25) is 25.1 Å². The van der Waals surface area contributed by atoms with E-state index in [4.69, 9.17) is 0 Å². The van der Waals surface area contributed by atoms with E-state index in [1.54, 1.807) is 73.4 Å². The van der Waals surface area contributed by atoms with Crippen molar-refractivity contribution in [3.63, 3.8) is 0 Å². The van der Waals surface area contributed by atoms with Gasteiger partial charge in [-0.2, -0.15) is 12.7 Å². The number of para-hydroxylation sites is 1. The number of hydrogen-bond donors (Lipinski definition) is 0. The molecule has 7 rings (SSSR count). The van der Waals surface area contributed by atoms with Crippen LogP contribution >= 0.6 is 0 Å². The number of aryl methyl sites for hydroxylation is 2. The zero-order valence-corrected chi connectivity index (χ0v) is 30.2. The van der Waals surface area contributed by atoms with Gasteiger partial charge < -0.3 is 0 Å². The first-order valence-corrected chi connectivity index (χ1v) is 19.2. The lowest BCUT2D eigenvalue weighted by atomic mass is 9.95. The molecule has 0 amide bonds. The summed E-state index contributed by atoms with van der Waals surface area (Å²) in [4.78, 5) is 23.3. The van der Waals surface area contributed by atoms with Crippen molar-refractivity contribution in [2.24, 2.45) is 4.40 Å². The molecule has 5 aromatic rings. The number of sulfonamides is 2. The third-order valence-corrected chi connectivity index (χ3v) is 11.8. The first-order chi connectivity index (χ1) is 25.7. The molecule has 0 aromatic heterocycles. The number of nitro benzene ring substituents is 2. The van der Waals surface area contributed by atoms with E-state index >= 15 is 8.42 Å². The van der Waals surface area contributed by atoms with Gasteiger partial charge in [0, 0.05) is 24.3 Å². The van der Waals surface area contributed by atoms with E-state index < -0.39 is 35.7 Å². The summed E-state index contributed by atoms with van der Waals surface area (Å²) >= 11 is 0. The van der Waals surface area contributed by atoms with E-state index in [1.807, 2.05) is 6.07 Å². The molecule has 0 bridgehead atoms. The normalized spacial score (nSPS) is 15.7. The van der Waals surface area contributed by atoms with Crippen molar-refractivity contribution in [1.29, 1.82) is 0 Å². The molecule has 15 heteroatoms. The molecule has 54 heavy (non-hydrogen) atoms. The van der Waals surface area contributed by atoms with Gasteiger partial charge in [0.25, 0.3) is 31.4 Å². The number of benzene rings is 5. The molecule has 2 aliphatic heterocycles. The Labute approximate surface area is 310 Å². The summed E-state index contributed by atoms with van der Waals surface area (Å²) in [5, 5.41) is 23.2. The minimum Gasteiger partial charge on any atom is -0.294 e. The fourth-order valence-corrected chi connectivity index (χ4v) is 8.53. The Morgan fingerprint density at radius 2 is 1.19 bits per heavy atom. The molecule has 0 aliphatic carbocycles. The maximum atomic E-state index is 15.2. The molecule has 0 saturated carbocycles. The van der Waals surface area contributed by atoms with Gasteiger partial charge >= 0.3 is 0 Å². The second-order valence-corrected chi connectivity index (χ2v) is 15.8. The molecule has 5 aromatic carbocycles. The summed E-state index contributed by atoms with van der Waals surface area (Å²) < 4.78 is 64.1. The van der Waals surface area contributed by atoms with Crippen molar-refractivity contribution in [2.45, 2.75) is 23.6 Å². The molecule has 0 N–H and O–H groups in total. The Hall–Kier alpha value is -6.71.